The van der Waals surface area contributed by atoms with Crippen LogP contribution < -0.4 is 4.74 Å². The van der Waals surface area contributed by atoms with E-state index >= 15 is 0 Å². The molecule has 0 unspecified atom stereocenters. The molecule has 2 aromatic carbocycles. The topological polar surface area (TPSA) is 46.5 Å². The maximum Gasteiger partial charge on any atom is 0.307 e. The Morgan fingerprint density at radius 1 is 1.25 bits per heavy atom. The van der Waals surface area contributed by atoms with Crippen molar-refractivity contribution in [1.29, 1.82) is 0 Å². The van der Waals surface area contributed by atoms with Crippen LogP contribution in [0.3, 0.4) is 0 Å². The molecule has 16 heavy (non-hydrogen) atoms. The van der Waals surface area contributed by atoms with Crippen LogP contribution in [0.25, 0.3) is 10.8 Å². The molecule has 0 radical (unpaired) electrons. The second-order valence-corrected chi connectivity index (χ2v) is 3.55. The van der Waals surface area contributed by atoms with E-state index in [1.54, 1.807) is 7.11 Å². The predicted molar refractivity (Wildman–Crippen MR) is 61.8 cm³/mol. The first-order valence-electron chi connectivity index (χ1n) is 4.99. The number of hydrogen-bond acceptors (Lipinski definition) is 2. The summed E-state index contributed by atoms with van der Waals surface area (Å²) in [4.78, 5) is 10.8. The third kappa shape index (κ3) is 1.84. The first-order chi connectivity index (χ1) is 7.72. The normalized spacial score (nSPS) is 10.3. The lowest BCUT2D eigenvalue weighted by molar-refractivity contribution is -0.136. The quantitative estimate of drug-likeness (QED) is 0.857. The Bertz CT molecular complexity index is 526. The van der Waals surface area contributed by atoms with Crippen LogP contribution in [0.2, 0.25) is 0 Å². The van der Waals surface area contributed by atoms with Gasteiger partial charge in [0.05, 0.1) is 13.5 Å². The van der Waals surface area contributed by atoms with Crippen LogP contribution in [0.4, 0.5) is 0 Å². The molecule has 82 valence electrons. The fourth-order valence-electron chi connectivity index (χ4n) is 1.86. The van der Waals surface area contributed by atoms with Gasteiger partial charge in [-0.15, -0.1) is 0 Å². The van der Waals surface area contributed by atoms with Gasteiger partial charge in [0.1, 0.15) is 5.75 Å². The lowest BCUT2D eigenvalue weighted by Crippen LogP contribution is -2.01. The highest BCUT2D eigenvalue weighted by Crippen LogP contribution is 2.28. The Hall–Kier alpha value is -2.03. The van der Waals surface area contributed by atoms with Crippen LogP contribution in [0.5, 0.6) is 5.75 Å². The summed E-state index contributed by atoms with van der Waals surface area (Å²) in [7, 11) is 1.59. The average Bonchev–Trinajstić information content (AvgIpc) is 2.28. The number of benzene rings is 2. The molecule has 0 heterocycles. The molecular formula is C13H12O3. The molecule has 0 atom stereocenters. The summed E-state index contributed by atoms with van der Waals surface area (Å²) in [5.74, 6) is -0.118. The zero-order valence-electron chi connectivity index (χ0n) is 8.93. The molecule has 0 saturated carbocycles. The van der Waals surface area contributed by atoms with Crippen LogP contribution >= 0.6 is 0 Å². The van der Waals surface area contributed by atoms with Gasteiger partial charge in [-0.1, -0.05) is 30.3 Å². The number of fused-ring (bicyclic) bond motifs is 1. The molecule has 0 aliphatic rings. The summed E-state index contributed by atoms with van der Waals surface area (Å²) in [6.07, 6.45) is 0.0116. The summed E-state index contributed by atoms with van der Waals surface area (Å²) in [5, 5.41) is 10.7. The van der Waals surface area contributed by atoms with E-state index in [1.165, 1.54) is 0 Å². The lowest BCUT2D eigenvalue weighted by Gasteiger charge is -2.09. The van der Waals surface area contributed by atoms with Gasteiger partial charge >= 0.3 is 5.97 Å². The maximum absolute atomic E-state index is 10.8. The van der Waals surface area contributed by atoms with Gasteiger partial charge in [-0.3, -0.25) is 4.79 Å². The van der Waals surface area contributed by atoms with Crippen LogP contribution in [0, 0.1) is 0 Å². The largest absolute Gasteiger partial charge is 0.496 e. The van der Waals surface area contributed by atoms with Crippen LogP contribution in [0.1, 0.15) is 5.56 Å². The molecule has 2 aromatic rings. The summed E-state index contributed by atoms with van der Waals surface area (Å²) in [5.41, 5.74) is 0.780. The molecule has 0 fully saturated rings. The molecule has 3 nitrogen and oxygen atoms in total. The first-order valence-corrected chi connectivity index (χ1v) is 4.99. The van der Waals surface area contributed by atoms with Crippen molar-refractivity contribution in [3.63, 3.8) is 0 Å². The molecule has 0 saturated heterocycles. The Morgan fingerprint density at radius 3 is 2.56 bits per heavy atom. The summed E-state index contributed by atoms with van der Waals surface area (Å²) in [6.45, 7) is 0. The van der Waals surface area contributed by atoms with Gasteiger partial charge in [0.2, 0.25) is 0 Å². The fraction of sp³-hybridized carbons (Fsp3) is 0.154. The molecule has 3 heteroatoms. The fourth-order valence-corrected chi connectivity index (χ4v) is 1.86. The van der Waals surface area contributed by atoms with E-state index in [1.807, 2.05) is 36.4 Å². The number of carboxylic acids is 1. The van der Waals surface area contributed by atoms with Gasteiger partial charge in [-0.2, -0.15) is 0 Å². The predicted octanol–water partition coefficient (Wildman–Crippen LogP) is 2.48. The van der Waals surface area contributed by atoms with Gasteiger partial charge in [0, 0.05) is 5.39 Å². The summed E-state index contributed by atoms with van der Waals surface area (Å²) < 4.78 is 5.26. The minimum atomic E-state index is -0.835. The lowest BCUT2D eigenvalue weighted by atomic mass is 10.0. The minimum absolute atomic E-state index is 0.0116. The zero-order chi connectivity index (χ0) is 11.5. The molecule has 1 N–H and O–H groups in total. The van der Waals surface area contributed by atoms with E-state index in [0.29, 0.717) is 5.75 Å². The molecule has 0 spiro atoms. The van der Waals surface area contributed by atoms with Gasteiger partial charge < -0.3 is 9.84 Å². The van der Waals surface area contributed by atoms with E-state index < -0.39 is 5.97 Å². The van der Waals surface area contributed by atoms with Crippen molar-refractivity contribution in [3.05, 3.63) is 42.0 Å². The third-order valence-corrected chi connectivity index (χ3v) is 2.51. The maximum atomic E-state index is 10.8. The van der Waals surface area contributed by atoms with Crippen LogP contribution in [0.15, 0.2) is 36.4 Å². The molecule has 0 amide bonds. The zero-order valence-corrected chi connectivity index (χ0v) is 8.93. The Morgan fingerprint density at radius 2 is 1.94 bits per heavy atom. The smallest absolute Gasteiger partial charge is 0.307 e. The first kappa shape index (κ1) is 10.5. The number of carboxylic acid groups (broad SMARTS) is 1. The van der Waals surface area contributed by atoms with Gasteiger partial charge in [-0.25, -0.2) is 0 Å². The van der Waals surface area contributed by atoms with E-state index in [-0.39, 0.29) is 6.42 Å². The third-order valence-electron chi connectivity index (χ3n) is 2.51. The standard InChI is InChI=1S/C13H12O3/c1-16-11-7-3-5-9-4-2-6-10(13(9)11)8-12(14)15/h2-7H,8H2,1H3,(H,14,15). The number of carbonyl (C=O) groups is 1. The molecule has 2 rings (SSSR count). The number of ether oxygens (including phenoxy) is 1. The second-order valence-electron chi connectivity index (χ2n) is 3.55. The molecule has 0 aliphatic carbocycles. The highest BCUT2D eigenvalue weighted by molar-refractivity contribution is 5.93. The summed E-state index contributed by atoms with van der Waals surface area (Å²) in [6, 6.07) is 11.3. The van der Waals surface area contributed by atoms with E-state index in [2.05, 4.69) is 0 Å². The van der Waals surface area contributed by atoms with Crippen molar-refractivity contribution in [3.8, 4) is 5.75 Å². The highest BCUT2D eigenvalue weighted by Gasteiger charge is 2.09. The van der Waals surface area contributed by atoms with Gasteiger partial charge in [-0.05, 0) is 17.0 Å². The van der Waals surface area contributed by atoms with Crippen molar-refractivity contribution in [1.82, 2.24) is 0 Å². The van der Waals surface area contributed by atoms with Crippen LogP contribution in [-0.2, 0) is 11.2 Å². The monoisotopic (exact) mass is 216 g/mol. The number of methoxy groups -OCH3 is 1. The number of hydrogen-bond donors (Lipinski definition) is 1. The average molecular weight is 216 g/mol. The van der Waals surface area contributed by atoms with Crippen molar-refractivity contribution in [2.24, 2.45) is 0 Å². The molecule has 0 bridgehead atoms. The SMILES string of the molecule is COc1cccc2cccc(CC(=O)O)c12. The van der Waals surface area contributed by atoms with Crippen molar-refractivity contribution >= 4 is 16.7 Å². The number of rotatable bonds is 3. The molecule has 0 aliphatic heterocycles. The van der Waals surface area contributed by atoms with Gasteiger partial charge in [0.15, 0.2) is 0 Å². The highest BCUT2D eigenvalue weighted by atomic mass is 16.5. The van der Waals surface area contributed by atoms with Crippen LogP contribution in [-0.4, -0.2) is 18.2 Å². The Kier molecular flexibility index (Phi) is 2.77. The van der Waals surface area contributed by atoms with E-state index in [4.69, 9.17) is 9.84 Å². The molecule has 0 aromatic heterocycles. The van der Waals surface area contributed by atoms with Gasteiger partial charge in [0.25, 0.3) is 0 Å². The second kappa shape index (κ2) is 4.23. The number of aliphatic carboxylic acids is 1. The summed E-state index contributed by atoms with van der Waals surface area (Å²) >= 11 is 0. The van der Waals surface area contributed by atoms with Crippen molar-refractivity contribution < 1.29 is 14.6 Å². The Balaban J connectivity index is 2.68. The van der Waals surface area contributed by atoms with Crippen molar-refractivity contribution in [2.45, 2.75) is 6.42 Å². The minimum Gasteiger partial charge on any atom is -0.496 e. The van der Waals surface area contributed by atoms with E-state index in [0.717, 1.165) is 16.3 Å². The molecular weight excluding hydrogens is 204 g/mol. The van der Waals surface area contributed by atoms with Crippen molar-refractivity contribution in [2.75, 3.05) is 7.11 Å². The Labute approximate surface area is 93.3 Å². The van der Waals surface area contributed by atoms with E-state index in [9.17, 15) is 4.79 Å².